The lowest BCUT2D eigenvalue weighted by molar-refractivity contribution is -0.0498. The van der Waals surface area contributed by atoms with E-state index in [1.165, 1.54) is 35.1 Å². The van der Waals surface area contributed by atoms with Gasteiger partial charge in [0.15, 0.2) is 5.82 Å². The highest BCUT2D eigenvalue weighted by Gasteiger charge is 2.15. The molecule has 0 bridgehead atoms. The number of fused-ring (bicyclic) bond motifs is 1. The van der Waals surface area contributed by atoms with E-state index in [9.17, 15) is 18.4 Å². The fourth-order valence-corrected chi connectivity index (χ4v) is 3.20. The molecule has 0 atom stereocenters. The Morgan fingerprint density at radius 2 is 1.85 bits per heavy atom. The van der Waals surface area contributed by atoms with Crippen molar-refractivity contribution in [3.63, 3.8) is 0 Å². The molecule has 2 aromatic heterocycles. The zero-order chi connectivity index (χ0) is 24.1. The highest BCUT2D eigenvalue weighted by atomic mass is 19.3. The number of hydrogen-bond donors (Lipinski definition) is 4. The van der Waals surface area contributed by atoms with E-state index in [0.29, 0.717) is 22.5 Å². The Hall–Kier alpha value is -4.74. The van der Waals surface area contributed by atoms with Gasteiger partial charge in [0.25, 0.3) is 5.91 Å². The topological polar surface area (TPSA) is 136 Å². The molecule has 3 amide bonds. The Morgan fingerprint density at radius 1 is 1.06 bits per heavy atom. The van der Waals surface area contributed by atoms with Crippen LogP contribution in [0.3, 0.4) is 0 Å². The average Bonchev–Trinajstić information content (AvgIpc) is 3.25. The Labute approximate surface area is 191 Å². The van der Waals surface area contributed by atoms with Crippen molar-refractivity contribution >= 4 is 34.6 Å². The summed E-state index contributed by atoms with van der Waals surface area (Å²) in [6.07, 6.45) is 2.91. The maximum Gasteiger partial charge on any atom is 0.387 e. The Morgan fingerprint density at radius 3 is 2.62 bits per heavy atom. The molecule has 0 aliphatic heterocycles. The summed E-state index contributed by atoms with van der Waals surface area (Å²) in [4.78, 5) is 28.8. The third-order valence-electron chi connectivity index (χ3n) is 4.70. The van der Waals surface area contributed by atoms with Crippen LogP contribution in [-0.2, 0) is 6.54 Å². The molecular formula is C22H19F2N7O3. The number of aromatic nitrogens is 3. The molecule has 5 N–H and O–H groups in total. The van der Waals surface area contributed by atoms with Crippen LogP contribution in [0.2, 0.25) is 0 Å². The average molecular weight is 467 g/mol. The van der Waals surface area contributed by atoms with Gasteiger partial charge in [0, 0.05) is 24.1 Å². The maximum absolute atomic E-state index is 12.7. The first-order valence-electron chi connectivity index (χ1n) is 9.97. The van der Waals surface area contributed by atoms with E-state index in [1.807, 2.05) is 0 Å². The van der Waals surface area contributed by atoms with Gasteiger partial charge >= 0.3 is 12.6 Å². The number of nitrogens with one attached hydrogen (secondary N) is 3. The maximum atomic E-state index is 12.7. The first-order chi connectivity index (χ1) is 16.4. The van der Waals surface area contributed by atoms with Gasteiger partial charge in [-0.25, -0.2) is 14.3 Å². The molecule has 0 saturated heterocycles. The Kier molecular flexibility index (Phi) is 6.48. The lowest BCUT2D eigenvalue weighted by Crippen LogP contribution is -2.28. The van der Waals surface area contributed by atoms with Crippen LogP contribution >= 0.6 is 0 Å². The van der Waals surface area contributed by atoms with E-state index in [1.54, 1.807) is 36.5 Å². The SMILES string of the molecule is Nc1ncnn2ccc(C(=O)Nc3cccc(CNC(=O)Nc4ccc(OC(F)F)cc4)c3)c12. The van der Waals surface area contributed by atoms with Crippen molar-refractivity contribution < 1.29 is 23.1 Å². The zero-order valence-corrected chi connectivity index (χ0v) is 17.5. The summed E-state index contributed by atoms with van der Waals surface area (Å²) in [5.41, 5.74) is 8.27. The summed E-state index contributed by atoms with van der Waals surface area (Å²) in [6.45, 7) is -2.74. The van der Waals surface area contributed by atoms with Gasteiger partial charge in [0.2, 0.25) is 0 Å². The normalized spacial score (nSPS) is 10.8. The molecule has 10 nitrogen and oxygen atoms in total. The molecular weight excluding hydrogens is 448 g/mol. The molecule has 4 rings (SSSR count). The molecule has 34 heavy (non-hydrogen) atoms. The second-order valence-electron chi connectivity index (χ2n) is 7.03. The van der Waals surface area contributed by atoms with Crippen LogP contribution in [0.25, 0.3) is 5.52 Å². The van der Waals surface area contributed by atoms with Crippen LogP contribution in [-0.4, -0.2) is 33.1 Å². The molecule has 0 aliphatic rings. The van der Waals surface area contributed by atoms with Gasteiger partial charge in [-0.05, 0) is 48.0 Å². The smallest absolute Gasteiger partial charge is 0.387 e. The lowest BCUT2D eigenvalue weighted by Gasteiger charge is -2.10. The minimum absolute atomic E-state index is 0.0108. The number of nitrogen functional groups attached to an aromatic ring is 1. The quantitative estimate of drug-likeness (QED) is 0.329. The number of anilines is 3. The molecule has 2 heterocycles. The largest absolute Gasteiger partial charge is 0.435 e. The number of amides is 3. The third kappa shape index (κ3) is 5.35. The summed E-state index contributed by atoms with van der Waals surface area (Å²) in [5.74, 6) is -0.209. The van der Waals surface area contributed by atoms with Gasteiger partial charge in [-0.3, -0.25) is 4.79 Å². The van der Waals surface area contributed by atoms with Crippen LogP contribution in [0.5, 0.6) is 5.75 Å². The molecule has 2 aromatic carbocycles. The van der Waals surface area contributed by atoms with E-state index < -0.39 is 12.6 Å². The van der Waals surface area contributed by atoms with Crippen LogP contribution in [0.4, 0.5) is 30.8 Å². The number of carbonyl (C=O) groups excluding carboxylic acids is 2. The van der Waals surface area contributed by atoms with Crippen LogP contribution in [0, 0.1) is 0 Å². The van der Waals surface area contributed by atoms with E-state index in [-0.39, 0.29) is 24.0 Å². The fourth-order valence-electron chi connectivity index (χ4n) is 3.20. The van der Waals surface area contributed by atoms with Crippen molar-refractivity contribution in [3.8, 4) is 5.75 Å². The van der Waals surface area contributed by atoms with E-state index in [0.717, 1.165) is 5.56 Å². The number of ether oxygens (including phenoxy) is 1. The number of urea groups is 1. The van der Waals surface area contributed by atoms with Gasteiger partial charge in [-0.15, -0.1) is 0 Å². The summed E-state index contributed by atoms with van der Waals surface area (Å²) in [7, 11) is 0. The van der Waals surface area contributed by atoms with E-state index in [2.05, 4.69) is 30.8 Å². The molecule has 0 spiro atoms. The minimum Gasteiger partial charge on any atom is -0.435 e. The van der Waals surface area contributed by atoms with E-state index >= 15 is 0 Å². The Bertz CT molecular complexity index is 1330. The van der Waals surface area contributed by atoms with Crippen molar-refractivity contribution in [2.75, 3.05) is 16.4 Å². The number of hydrogen-bond acceptors (Lipinski definition) is 6. The third-order valence-corrected chi connectivity index (χ3v) is 4.70. The summed E-state index contributed by atoms with van der Waals surface area (Å²) >= 11 is 0. The molecule has 12 heteroatoms. The first-order valence-corrected chi connectivity index (χ1v) is 9.97. The number of nitrogens with zero attached hydrogens (tertiary/aromatic N) is 3. The molecule has 0 unspecified atom stereocenters. The summed E-state index contributed by atoms with van der Waals surface area (Å²) < 4.78 is 30.1. The lowest BCUT2D eigenvalue weighted by atomic mass is 10.2. The van der Waals surface area contributed by atoms with Crippen LogP contribution < -0.4 is 26.4 Å². The number of alkyl halides is 2. The van der Waals surface area contributed by atoms with Gasteiger partial charge in [-0.1, -0.05) is 12.1 Å². The van der Waals surface area contributed by atoms with Crippen molar-refractivity contribution in [3.05, 3.63) is 78.2 Å². The molecule has 174 valence electrons. The minimum atomic E-state index is -2.92. The monoisotopic (exact) mass is 467 g/mol. The summed E-state index contributed by atoms with van der Waals surface area (Å²) in [5, 5.41) is 12.1. The number of carbonyl (C=O) groups is 2. The second kappa shape index (κ2) is 9.81. The summed E-state index contributed by atoms with van der Waals surface area (Å²) in [6, 6.07) is 13.6. The highest BCUT2D eigenvalue weighted by molar-refractivity contribution is 6.10. The number of halogens is 2. The van der Waals surface area contributed by atoms with Crippen molar-refractivity contribution in [1.29, 1.82) is 0 Å². The van der Waals surface area contributed by atoms with Gasteiger partial charge in [-0.2, -0.15) is 13.9 Å². The van der Waals surface area contributed by atoms with Crippen molar-refractivity contribution in [1.82, 2.24) is 19.9 Å². The predicted octanol–water partition coefficient (Wildman–Crippen LogP) is 3.49. The second-order valence-corrected chi connectivity index (χ2v) is 7.03. The van der Waals surface area contributed by atoms with Crippen molar-refractivity contribution in [2.24, 2.45) is 0 Å². The zero-order valence-electron chi connectivity index (χ0n) is 17.5. The van der Waals surface area contributed by atoms with E-state index in [4.69, 9.17) is 5.73 Å². The molecule has 0 saturated carbocycles. The molecule has 4 aromatic rings. The van der Waals surface area contributed by atoms with Crippen LogP contribution in [0.15, 0.2) is 67.1 Å². The number of nitrogens with two attached hydrogens (primary N) is 1. The molecule has 0 radical (unpaired) electrons. The van der Waals surface area contributed by atoms with Gasteiger partial charge in [0.05, 0.1) is 5.56 Å². The predicted molar refractivity (Wildman–Crippen MR) is 121 cm³/mol. The van der Waals surface area contributed by atoms with Gasteiger partial charge < -0.3 is 26.4 Å². The first kappa shape index (κ1) is 22.5. The fraction of sp³-hybridized carbons (Fsp3) is 0.0909. The van der Waals surface area contributed by atoms with Crippen LogP contribution in [0.1, 0.15) is 15.9 Å². The Balaban J connectivity index is 1.34. The standard InChI is InChI=1S/C22H19F2N7O3/c23-21(24)34-16-6-4-14(5-7-16)30-22(33)26-11-13-2-1-3-15(10-13)29-20(32)17-8-9-31-18(17)19(25)27-12-28-31/h1-10,12,21H,11H2,(H,29,32)(H2,25,27,28)(H2,26,30,33). The van der Waals surface area contributed by atoms with Gasteiger partial charge in [0.1, 0.15) is 17.6 Å². The highest BCUT2D eigenvalue weighted by Crippen LogP contribution is 2.20. The van der Waals surface area contributed by atoms with Crippen molar-refractivity contribution in [2.45, 2.75) is 13.2 Å². The molecule has 0 fully saturated rings. The molecule has 0 aliphatic carbocycles. The number of benzene rings is 2. The number of rotatable bonds is 7.